The molecule has 140 valence electrons. The second-order valence-electron chi connectivity index (χ2n) is 6.49. The number of fused-ring (bicyclic) bond motifs is 1. The van der Waals surface area contributed by atoms with Gasteiger partial charge in [0.05, 0.1) is 6.61 Å². The first-order valence-corrected chi connectivity index (χ1v) is 9.23. The number of hydrogen-bond acceptors (Lipinski definition) is 4. The predicted molar refractivity (Wildman–Crippen MR) is 109 cm³/mol. The minimum absolute atomic E-state index is 0.127. The van der Waals surface area contributed by atoms with Crippen molar-refractivity contribution < 1.29 is 19.1 Å². The number of aromatic hydroxyl groups is 1. The molecule has 0 fully saturated rings. The highest BCUT2D eigenvalue weighted by Gasteiger charge is 2.26. The summed E-state index contributed by atoms with van der Waals surface area (Å²) in [7, 11) is 0. The van der Waals surface area contributed by atoms with Crippen LogP contribution in [0.25, 0.3) is 22.3 Å². The van der Waals surface area contributed by atoms with Gasteiger partial charge in [0.25, 0.3) is 0 Å². The fraction of sp³-hybridized carbons (Fsp3) is 0.125. The Morgan fingerprint density at radius 1 is 0.964 bits per heavy atom. The largest absolute Gasteiger partial charge is 0.508 e. The van der Waals surface area contributed by atoms with Crippen LogP contribution in [-0.4, -0.2) is 17.7 Å². The molecule has 0 saturated carbocycles. The number of phenolic OH excluding ortho intramolecular Hbond substituents is 1. The monoisotopic (exact) mass is 372 g/mol. The van der Waals surface area contributed by atoms with E-state index in [1.54, 1.807) is 19.1 Å². The molecule has 0 aliphatic carbocycles. The second kappa shape index (κ2) is 7.61. The molecule has 4 nitrogen and oxygen atoms in total. The Morgan fingerprint density at radius 2 is 1.64 bits per heavy atom. The summed E-state index contributed by atoms with van der Waals surface area (Å²) < 4.78 is 11.4. The smallest absolute Gasteiger partial charge is 0.342 e. The van der Waals surface area contributed by atoms with E-state index in [9.17, 15) is 9.90 Å². The maximum atomic E-state index is 12.9. The van der Waals surface area contributed by atoms with Crippen molar-refractivity contribution in [1.29, 1.82) is 0 Å². The lowest BCUT2D eigenvalue weighted by Crippen LogP contribution is -2.06. The summed E-state index contributed by atoms with van der Waals surface area (Å²) in [5, 5.41) is 11.2. The van der Waals surface area contributed by atoms with Crippen LogP contribution in [0.2, 0.25) is 0 Å². The van der Waals surface area contributed by atoms with Crippen LogP contribution in [0.3, 0.4) is 0 Å². The minimum atomic E-state index is -0.458. The highest BCUT2D eigenvalue weighted by molar-refractivity contribution is 6.10. The van der Waals surface area contributed by atoms with Gasteiger partial charge >= 0.3 is 5.97 Å². The number of benzene rings is 3. The molecule has 0 aliphatic rings. The minimum Gasteiger partial charge on any atom is -0.508 e. The van der Waals surface area contributed by atoms with Crippen molar-refractivity contribution >= 4 is 16.9 Å². The van der Waals surface area contributed by atoms with Crippen molar-refractivity contribution in [3.8, 4) is 17.1 Å². The molecule has 0 bridgehead atoms. The number of carbonyl (C=O) groups is 1. The molecule has 1 aromatic heterocycles. The number of phenols is 1. The van der Waals surface area contributed by atoms with Crippen molar-refractivity contribution in [3.63, 3.8) is 0 Å². The standard InChI is InChI=1S/C24H20O4/c1-2-27-24(26)22-21-18(15-16-9-5-3-6-10-16)19(25)13-14-20(21)28-23(22)17-11-7-4-8-12-17/h3-14,25H,2,15H2,1H3. The van der Waals surface area contributed by atoms with E-state index in [0.29, 0.717) is 34.3 Å². The summed E-state index contributed by atoms with van der Waals surface area (Å²) in [4.78, 5) is 12.9. The lowest BCUT2D eigenvalue weighted by atomic mass is 9.96. The van der Waals surface area contributed by atoms with Crippen LogP contribution in [0.15, 0.2) is 77.2 Å². The molecule has 4 heteroatoms. The van der Waals surface area contributed by atoms with Gasteiger partial charge < -0.3 is 14.3 Å². The Bertz CT molecular complexity index is 1110. The Kier molecular flexibility index (Phi) is 4.85. The van der Waals surface area contributed by atoms with Gasteiger partial charge in [0, 0.05) is 22.9 Å². The van der Waals surface area contributed by atoms with E-state index in [4.69, 9.17) is 9.15 Å². The average Bonchev–Trinajstić information content (AvgIpc) is 3.12. The first kappa shape index (κ1) is 17.9. The zero-order valence-electron chi connectivity index (χ0n) is 15.5. The Balaban J connectivity index is 1.98. The summed E-state index contributed by atoms with van der Waals surface area (Å²) in [6.07, 6.45) is 0.476. The molecule has 1 N–H and O–H groups in total. The van der Waals surface area contributed by atoms with E-state index in [1.807, 2.05) is 60.7 Å². The Morgan fingerprint density at radius 3 is 2.32 bits per heavy atom. The van der Waals surface area contributed by atoms with Crippen LogP contribution in [0.1, 0.15) is 28.4 Å². The summed E-state index contributed by atoms with van der Waals surface area (Å²) in [6.45, 7) is 2.03. The van der Waals surface area contributed by atoms with Crippen molar-refractivity contribution in [1.82, 2.24) is 0 Å². The lowest BCUT2D eigenvalue weighted by Gasteiger charge is -2.09. The summed E-state index contributed by atoms with van der Waals surface area (Å²) in [5.74, 6) is 0.122. The lowest BCUT2D eigenvalue weighted by molar-refractivity contribution is 0.0528. The Hall–Kier alpha value is -3.53. The highest BCUT2D eigenvalue weighted by atomic mass is 16.5. The van der Waals surface area contributed by atoms with Gasteiger partial charge in [0.15, 0.2) is 0 Å². The molecule has 0 atom stereocenters. The third-order valence-corrected chi connectivity index (χ3v) is 4.68. The summed E-state index contributed by atoms with van der Waals surface area (Å²) in [6, 6.07) is 22.6. The zero-order valence-corrected chi connectivity index (χ0v) is 15.5. The van der Waals surface area contributed by atoms with Gasteiger partial charge in [-0.25, -0.2) is 4.79 Å². The second-order valence-corrected chi connectivity index (χ2v) is 6.49. The summed E-state index contributed by atoms with van der Waals surface area (Å²) in [5.41, 5.74) is 3.36. The molecular formula is C24H20O4. The number of esters is 1. The number of furan rings is 1. The maximum Gasteiger partial charge on any atom is 0.342 e. The van der Waals surface area contributed by atoms with Crippen LogP contribution < -0.4 is 0 Å². The predicted octanol–water partition coefficient (Wildman–Crippen LogP) is 5.57. The van der Waals surface area contributed by atoms with Crippen LogP contribution in [0.5, 0.6) is 5.75 Å². The van der Waals surface area contributed by atoms with Gasteiger partial charge in [-0.15, -0.1) is 0 Å². The molecule has 0 spiro atoms. The average molecular weight is 372 g/mol. The maximum absolute atomic E-state index is 12.9. The molecule has 1 heterocycles. The van der Waals surface area contributed by atoms with E-state index in [1.165, 1.54) is 0 Å². The van der Waals surface area contributed by atoms with Crippen molar-refractivity contribution in [2.75, 3.05) is 6.61 Å². The van der Waals surface area contributed by atoms with Crippen LogP contribution in [0, 0.1) is 0 Å². The van der Waals surface area contributed by atoms with Crippen molar-refractivity contribution in [2.45, 2.75) is 13.3 Å². The quantitative estimate of drug-likeness (QED) is 0.465. The molecule has 0 radical (unpaired) electrons. The van der Waals surface area contributed by atoms with E-state index < -0.39 is 5.97 Å². The van der Waals surface area contributed by atoms with Gasteiger partial charge in [-0.1, -0.05) is 60.7 Å². The molecule has 0 saturated heterocycles. The van der Waals surface area contributed by atoms with Crippen molar-refractivity contribution in [3.05, 3.63) is 89.5 Å². The zero-order chi connectivity index (χ0) is 19.5. The molecule has 4 aromatic rings. The normalized spacial score (nSPS) is 10.9. The first-order chi connectivity index (χ1) is 13.7. The van der Waals surface area contributed by atoms with Gasteiger partial charge in [-0.3, -0.25) is 0 Å². The number of ether oxygens (including phenoxy) is 1. The van der Waals surface area contributed by atoms with Gasteiger partial charge in [-0.05, 0) is 24.6 Å². The summed E-state index contributed by atoms with van der Waals surface area (Å²) >= 11 is 0. The molecule has 0 aliphatic heterocycles. The van der Waals surface area contributed by atoms with Crippen LogP contribution in [-0.2, 0) is 11.2 Å². The van der Waals surface area contributed by atoms with E-state index in [0.717, 1.165) is 11.1 Å². The number of carbonyl (C=O) groups excluding carboxylic acids is 1. The molecule has 0 amide bonds. The molecule has 3 aromatic carbocycles. The van der Waals surface area contributed by atoms with Gasteiger partial charge in [-0.2, -0.15) is 0 Å². The van der Waals surface area contributed by atoms with E-state index >= 15 is 0 Å². The number of rotatable bonds is 5. The van der Waals surface area contributed by atoms with E-state index in [-0.39, 0.29) is 12.4 Å². The topological polar surface area (TPSA) is 59.7 Å². The number of hydrogen-bond donors (Lipinski definition) is 1. The molecule has 4 rings (SSSR count). The molecular weight excluding hydrogens is 352 g/mol. The fourth-order valence-electron chi connectivity index (χ4n) is 3.42. The highest BCUT2D eigenvalue weighted by Crippen LogP contribution is 2.39. The van der Waals surface area contributed by atoms with E-state index in [2.05, 4.69) is 0 Å². The van der Waals surface area contributed by atoms with Gasteiger partial charge in [0.2, 0.25) is 0 Å². The fourth-order valence-corrected chi connectivity index (χ4v) is 3.42. The van der Waals surface area contributed by atoms with Crippen molar-refractivity contribution in [2.24, 2.45) is 0 Å². The Labute approximate surface area is 163 Å². The SMILES string of the molecule is CCOC(=O)c1c(-c2ccccc2)oc2ccc(O)c(Cc3ccccc3)c12. The van der Waals surface area contributed by atoms with Gasteiger partial charge in [0.1, 0.15) is 22.7 Å². The van der Waals surface area contributed by atoms with Crippen LogP contribution in [0.4, 0.5) is 0 Å². The first-order valence-electron chi connectivity index (χ1n) is 9.23. The third kappa shape index (κ3) is 3.25. The molecule has 0 unspecified atom stereocenters. The third-order valence-electron chi connectivity index (χ3n) is 4.68. The molecule has 28 heavy (non-hydrogen) atoms. The van der Waals surface area contributed by atoms with Crippen LogP contribution >= 0.6 is 0 Å².